The van der Waals surface area contributed by atoms with Crippen molar-refractivity contribution in [1.29, 1.82) is 0 Å². The van der Waals surface area contributed by atoms with Crippen LogP contribution >= 0.6 is 0 Å². The van der Waals surface area contributed by atoms with Crippen LogP contribution in [0.15, 0.2) is 0 Å². The van der Waals surface area contributed by atoms with Crippen molar-refractivity contribution in [2.24, 2.45) is 0 Å². The molecule has 0 heterocycles. The Morgan fingerprint density at radius 3 is 2.30 bits per heavy atom. The molecule has 10 heavy (non-hydrogen) atoms. The fraction of sp³-hybridized carbons (Fsp3) is 0.857. The van der Waals surface area contributed by atoms with E-state index in [1.165, 1.54) is 4.90 Å². The van der Waals surface area contributed by atoms with E-state index in [4.69, 9.17) is 0 Å². The molecular formula is C7H14NO2. The third kappa shape index (κ3) is 3.33. The summed E-state index contributed by atoms with van der Waals surface area (Å²) in [5.41, 5.74) is 0. The third-order valence-corrected chi connectivity index (χ3v) is 1.42. The van der Waals surface area contributed by atoms with Gasteiger partial charge < -0.3 is 4.90 Å². The third-order valence-electron chi connectivity index (χ3n) is 1.42. The van der Waals surface area contributed by atoms with Gasteiger partial charge in [0.15, 0.2) is 0 Å². The molecule has 0 aromatic heterocycles. The van der Waals surface area contributed by atoms with E-state index in [1.54, 1.807) is 0 Å². The van der Waals surface area contributed by atoms with Crippen molar-refractivity contribution in [2.75, 3.05) is 13.1 Å². The number of hydrogen-bond acceptors (Lipinski definition) is 1. The maximum Gasteiger partial charge on any atom is 0.453 e. The van der Waals surface area contributed by atoms with Gasteiger partial charge in [-0.1, -0.05) is 13.3 Å². The molecule has 0 atom stereocenters. The number of unbranched alkanes of at least 4 members (excludes halogenated alkanes) is 1. The first-order chi connectivity index (χ1) is 4.72. The van der Waals surface area contributed by atoms with Crippen LogP contribution in [0.4, 0.5) is 4.79 Å². The summed E-state index contributed by atoms with van der Waals surface area (Å²) in [6, 6.07) is 0. The summed E-state index contributed by atoms with van der Waals surface area (Å²) in [6.45, 7) is 4.98. The minimum absolute atomic E-state index is 0.530. The maximum absolute atomic E-state index is 10.3. The van der Waals surface area contributed by atoms with E-state index in [1.807, 2.05) is 13.8 Å². The molecule has 59 valence electrons. The van der Waals surface area contributed by atoms with Crippen molar-refractivity contribution in [1.82, 2.24) is 4.90 Å². The molecule has 0 aliphatic rings. The van der Waals surface area contributed by atoms with Crippen molar-refractivity contribution in [3.8, 4) is 0 Å². The topological polar surface area (TPSA) is 40.2 Å². The Labute approximate surface area is 61.6 Å². The van der Waals surface area contributed by atoms with Crippen molar-refractivity contribution in [2.45, 2.75) is 26.7 Å². The molecular weight excluding hydrogens is 130 g/mol. The van der Waals surface area contributed by atoms with E-state index in [0.717, 1.165) is 12.8 Å². The van der Waals surface area contributed by atoms with Crippen molar-refractivity contribution >= 4 is 6.09 Å². The van der Waals surface area contributed by atoms with Gasteiger partial charge in [-0.25, -0.2) is 9.90 Å². The molecule has 1 amide bonds. The van der Waals surface area contributed by atoms with Gasteiger partial charge in [0.05, 0.1) is 0 Å². The molecule has 0 rings (SSSR count). The molecule has 0 saturated carbocycles. The summed E-state index contributed by atoms with van der Waals surface area (Å²) in [7, 11) is 0. The summed E-state index contributed by atoms with van der Waals surface area (Å²) < 4.78 is 0. The molecule has 0 bridgehead atoms. The van der Waals surface area contributed by atoms with Gasteiger partial charge in [-0.2, -0.15) is 0 Å². The zero-order valence-corrected chi connectivity index (χ0v) is 6.59. The van der Waals surface area contributed by atoms with E-state index in [9.17, 15) is 9.90 Å². The average molecular weight is 144 g/mol. The Morgan fingerprint density at radius 2 is 2.00 bits per heavy atom. The number of amides is 1. The highest BCUT2D eigenvalue weighted by Gasteiger charge is 2.08. The fourth-order valence-corrected chi connectivity index (χ4v) is 0.727. The molecule has 3 heteroatoms. The average Bonchev–Trinajstić information content (AvgIpc) is 1.89. The Hall–Kier alpha value is -0.730. The highest BCUT2D eigenvalue weighted by molar-refractivity contribution is 5.64. The predicted octanol–water partition coefficient (Wildman–Crippen LogP) is 1.66. The van der Waals surface area contributed by atoms with Crippen LogP contribution < -0.4 is 0 Å². The second-order valence-corrected chi connectivity index (χ2v) is 2.20. The maximum atomic E-state index is 10.3. The van der Waals surface area contributed by atoms with Gasteiger partial charge in [-0.3, -0.25) is 0 Å². The van der Waals surface area contributed by atoms with Gasteiger partial charge in [-0.15, -0.1) is 0 Å². The molecule has 0 fully saturated rings. The Bertz CT molecular complexity index is 104. The SMILES string of the molecule is CCCCN(CC)C([O])=O. The molecule has 1 radical (unpaired) electrons. The summed E-state index contributed by atoms with van der Waals surface area (Å²) in [5, 5.41) is 10.3. The molecule has 0 N–H and O–H groups in total. The molecule has 0 aliphatic heterocycles. The first-order valence-electron chi connectivity index (χ1n) is 3.68. The van der Waals surface area contributed by atoms with Crippen LogP contribution in [0.3, 0.4) is 0 Å². The second-order valence-electron chi connectivity index (χ2n) is 2.20. The molecule has 0 aromatic rings. The van der Waals surface area contributed by atoms with Gasteiger partial charge in [0.25, 0.3) is 0 Å². The lowest BCUT2D eigenvalue weighted by Gasteiger charge is -2.13. The van der Waals surface area contributed by atoms with Gasteiger partial charge in [0.2, 0.25) is 0 Å². The lowest BCUT2D eigenvalue weighted by molar-refractivity contribution is 0.121. The Balaban J connectivity index is 3.50. The van der Waals surface area contributed by atoms with E-state index in [0.29, 0.717) is 13.1 Å². The first-order valence-corrected chi connectivity index (χ1v) is 3.68. The van der Waals surface area contributed by atoms with Crippen LogP contribution in [-0.2, 0) is 5.11 Å². The van der Waals surface area contributed by atoms with Crippen LogP contribution in [0.2, 0.25) is 0 Å². The molecule has 0 spiro atoms. The van der Waals surface area contributed by atoms with E-state index < -0.39 is 6.09 Å². The minimum atomic E-state index is -1.06. The predicted molar refractivity (Wildman–Crippen MR) is 38.2 cm³/mol. The quantitative estimate of drug-likeness (QED) is 0.591. The molecule has 0 unspecified atom stereocenters. The van der Waals surface area contributed by atoms with Crippen LogP contribution in [-0.4, -0.2) is 24.1 Å². The summed E-state index contributed by atoms with van der Waals surface area (Å²) >= 11 is 0. The van der Waals surface area contributed by atoms with Gasteiger partial charge >= 0.3 is 6.09 Å². The first kappa shape index (κ1) is 9.27. The molecule has 0 saturated heterocycles. The molecule has 3 nitrogen and oxygen atoms in total. The van der Waals surface area contributed by atoms with Gasteiger partial charge in [0, 0.05) is 13.1 Å². The summed E-state index contributed by atoms with van der Waals surface area (Å²) in [6.07, 6.45) is 0.877. The largest absolute Gasteiger partial charge is 0.453 e. The lowest BCUT2D eigenvalue weighted by atomic mass is 10.3. The number of hydrogen-bond donors (Lipinski definition) is 0. The number of carbonyl (C=O) groups excluding carboxylic acids is 1. The van der Waals surface area contributed by atoms with Crippen molar-refractivity contribution in [3.05, 3.63) is 0 Å². The Kier molecular flexibility index (Phi) is 4.72. The van der Waals surface area contributed by atoms with Gasteiger partial charge in [-0.05, 0) is 13.3 Å². The second kappa shape index (κ2) is 5.09. The highest BCUT2D eigenvalue weighted by atomic mass is 16.4. The van der Waals surface area contributed by atoms with E-state index in [-0.39, 0.29) is 0 Å². The zero-order valence-electron chi connectivity index (χ0n) is 6.59. The van der Waals surface area contributed by atoms with Crippen LogP contribution in [0.5, 0.6) is 0 Å². The van der Waals surface area contributed by atoms with E-state index >= 15 is 0 Å². The van der Waals surface area contributed by atoms with Crippen LogP contribution in [0.1, 0.15) is 26.7 Å². The lowest BCUT2D eigenvalue weighted by Crippen LogP contribution is -2.29. The fourth-order valence-electron chi connectivity index (χ4n) is 0.727. The number of nitrogens with zero attached hydrogens (tertiary/aromatic N) is 1. The smallest absolute Gasteiger partial charge is 0.305 e. The van der Waals surface area contributed by atoms with Crippen molar-refractivity contribution < 1.29 is 9.90 Å². The Morgan fingerprint density at radius 1 is 1.40 bits per heavy atom. The summed E-state index contributed by atoms with van der Waals surface area (Å²) in [5.74, 6) is 0. The van der Waals surface area contributed by atoms with Crippen molar-refractivity contribution in [3.63, 3.8) is 0 Å². The van der Waals surface area contributed by atoms with Crippen LogP contribution in [0.25, 0.3) is 0 Å². The van der Waals surface area contributed by atoms with Crippen LogP contribution in [0, 0.1) is 0 Å². The minimum Gasteiger partial charge on any atom is -0.305 e. The molecule has 0 aliphatic carbocycles. The standard InChI is InChI=1S/C7H14NO2/c1-3-5-6-8(4-2)7(9)10/h3-6H2,1-2H3. The summed E-state index contributed by atoms with van der Waals surface area (Å²) in [4.78, 5) is 11.6. The van der Waals surface area contributed by atoms with E-state index in [2.05, 4.69) is 0 Å². The zero-order chi connectivity index (χ0) is 7.98. The number of rotatable bonds is 4. The number of carbonyl (C=O) groups is 1. The molecule has 0 aromatic carbocycles. The highest BCUT2D eigenvalue weighted by Crippen LogP contribution is 1.94. The van der Waals surface area contributed by atoms with Gasteiger partial charge in [0.1, 0.15) is 0 Å². The monoisotopic (exact) mass is 144 g/mol. The normalized spacial score (nSPS) is 9.40.